The molecule has 1 aromatic heterocycles. The fourth-order valence-corrected chi connectivity index (χ4v) is 3.92. The van der Waals surface area contributed by atoms with Gasteiger partial charge in [-0.3, -0.25) is 14.7 Å². The summed E-state index contributed by atoms with van der Waals surface area (Å²) in [6, 6.07) is 6.05. The Morgan fingerprint density at radius 3 is 2.63 bits per heavy atom. The van der Waals surface area contributed by atoms with Crippen molar-refractivity contribution in [3.05, 3.63) is 90.8 Å². The molecular weight excluding hydrogens is 443 g/mol. The number of methoxy groups -OCH3 is 1. The fourth-order valence-electron chi connectivity index (χ4n) is 3.92. The van der Waals surface area contributed by atoms with Gasteiger partial charge in [-0.2, -0.15) is 0 Å². The van der Waals surface area contributed by atoms with Crippen LogP contribution in [0.5, 0.6) is 0 Å². The normalized spacial score (nSPS) is 19.6. The first-order valence-electron chi connectivity index (χ1n) is 12.4. The zero-order valence-corrected chi connectivity index (χ0v) is 21.1. The van der Waals surface area contributed by atoms with E-state index in [2.05, 4.69) is 15.2 Å². The average Bonchev–Trinajstić information content (AvgIpc) is 2.91. The second-order valence-electron chi connectivity index (χ2n) is 8.09. The van der Waals surface area contributed by atoms with E-state index in [1.807, 2.05) is 49.1 Å². The molecule has 2 atom stereocenters. The highest BCUT2D eigenvalue weighted by Gasteiger charge is 2.26. The maximum absolute atomic E-state index is 13.5. The summed E-state index contributed by atoms with van der Waals surface area (Å²) in [5, 5.41) is 3.63. The summed E-state index contributed by atoms with van der Waals surface area (Å²) in [7, 11) is 1.59. The molecule has 1 amide bonds. The fraction of sp³-hybridized carbons (Fsp3) is 0.429. The van der Waals surface area contributed by atoms with Gasteiger partial charge in [0, 0.05) is 57.6 Å². The summed E-state index contributed by atoms with van der Waals surface area (Å²) in [4.78, 5) is 21.1. The number of piperazine rings is 1. The molecule has 0 spiro atoms. The van der Waals surface area contributed by atoms with E-state index in [0.29, 0.717) is 26.1 Å². The molecule has 6 nitrogen and oxygen atoms in total. The Morgan fingerprint density at radius 2 is 1.97 bits per heavy atom. The van der Waals surface area contributed by atoms with Crippen molar-refractivity contribution in [2.45, 2.75) is 32.9 Å². The lowest BCUT2D eigenvalue weighted by molar-refractivity contribution is -0.127. The highest BCUT2D eigenvalue weighted by Crippen LogP contribution is 2.22. The SMILES string of the molecule is CC.CO/C=C/C=C\C=C\C(=O)N1CCN(CC(NCc2ccccn2)C2C=CC(F)=CC2)CC1. The Bertz CT molecular complexity index is 887. The van der Waals surface area contributed by atoms with Crippen molar-refractivity contribution in [1.29, 1.82) is 0 Å². The monoisotopic (exact) mass is 482 g/mol. The summed E-state index contributed by atoms with van der Waals surface area (Å²) in [5.41, 5.74) is 0.984. The molecule has 1 N–H and O–H groups in total. The van der Waals surface area contributed by atoms with Gasteiger partial charge in [0.1, 0.15) is 5.83 Å². The minimum absolute atomic E-state index is 0.0238. The van der Waals surface area contributed by atoms with Gasteiger partial charge in [-0.05, 0) is 42.7 Å². The molecule has 0 saturated carbocycles. The molecule has 2 aliphatic rings. The van der Waals surface area contributed by atoms with Gasteiger partial charge in [0.25, 0.3) is 0 Å². The number of carbonyl (C=O) groups excluding carboxylic acids is 1. The van der Waals surface area contributed by atoms with Crippen molar-refractivity contribution in [3.63, 3.8) is 0 Å². The summed E-state index contributed by atoms with van der Waals surface area (Å²) >= 11 is 0. The number of rotatable bonds is 10. The largest absolute Gasteiger partial charge is 0.504 e. The van der Waals surface area contributed by atoms with Crippen LogP contribution in [0.15, 0.2) is 85.1 Å². The van der Waals surface area contributed by atoms with Crippen LogP contribution >= 0.6 is 0 Å². The topological polar surface area (TPSA) is 57.7 Å². The Kier molecular flexibility index (Phi) is 13.4. The van der Waals surface area contributed by atoms with Gasteiger partial charge in [0.15, 0.2) is 0 Å². The maximum atomic E-state index is 13.5. The number of amides is 1. The summed E-state index contributed by atoms with van der Waals surface area (Å²) < 4.78 is 18.3. The van der Waals surface area contributed by atoms with Gasteiger partial charge in [0.05, 0.1) is 19.1 Å². The van der Waals surface area contributed by atoms with Crippen molar-refractivity contribution in [2.24, 2.45) is 5.92 Å². The molecule has 190 valence electrons. The number of nitrogens with zero attached hydrogens (tertiary/aromatic N) is 3. The van der Waals surface area contributed by atoms with E-state index in [4.69, 9.17) is 4.74 Å². The van der Waals surface area contributed by atoms with Crippen LogP contribution in [0.3, 0.4) is 0 Å². The highest BCUT2D eigenvalue weighted by atomic mass is 19.1. The van der Waals surface area contributed by atoms with Crippen LogP contribution in [0.1, 0.15) is 26.0 Å². The first kappa shape index (κ1) is 28.2. The van der Waals surface area contributed by atoms with Crippen molar-refractivity contribution in [3.8, 4) is 0 Å². The van der Waals surface area contributed by atoms with Gasteiger partial charge in [0.2, 0.25) is 5.91 Å². The van der Waals surface area contributed by atoms with E-state index in [1.165, 1.54) is 0 Å². The van der Waals surface area contributed by atoms with Crippen LogP contribution in [-0.2, 0) is 16.1 Å². The third-order valence-electron chi connectivity index (χ3n) is 5.80. The number of allylic oxidation sites excluding steroid dienone is 7. The lowest BCUT2D eigenvalue weighted by atomic mass is 9.91. The maximum Gasteiger partial charge on any atom is 0.246 e. The number of aromatic nitrogens is 1. The molecule has 2 unspecified atom stereocenters. The molecular formula is C28H39FN4O2. The number of hydrogen-bond acceptors (Lipinski definition) is 5. The molecule has 35 heavy (non-hydrogen) atoms. The van der Waals surface area contributed by atoms with E-state index in [0.717, 1.165) is 25.3 Å². The second kappa shape index (κ2) is 16.6. The molecule has 1 aliphatic carbocycles. The van der Waals surface area contributed by atoms with Crippen LogP contribution in [0.25, 0.3) is 0 Å². The van der Waals surface area contributed by atoms with Crippen LogP contribution in [0, 0.1) is 5.92 Å². The molecule has 1 fully saturated rings. The first-order valence-corrected chi connectivity index (χ1v) is 12.4. The first-order chi connectivity index (χ1) is 17.2. The van der Waals surface area contributed by atoms with Gasteiger partial charge >= 0.3 is 0 Å². The molecule has 3 rings (SSSR count). The number of nitrogens with one attached hydrogen (secondary N) is 1. The van der Waals surface area contributed by atoms with Crippen molar-refractivity contribution in [2.75, 3.05) is 39.8 Å². The molecule has 0 radical (unpaired) electrons. The van der Waals surface area contributed by atoms with E-state index < -0.39 is 0 Å². The Morgan fingerprint density at radius 1 is 1.20 bits per heavy atom. The predicted octanol–water partition coefficient (Wildman–Crippen LogP) is 4.41. The van der Waals surface area contributed by atoms with Gasteiger partial charge in [-0.25, -0.2) is 4.39 Å². The van der Waals surface area contributed by atoms with Crippen LogP contribution < -0.4 is 5.32 Å². The Balaban J connectivity index is 0.00000210. The highest BCUT2D eigenvalue weighted by molar-refractivity contribution is 5.87. The number of halogens is 1. The second-order valence-corrected chi connectivity index (χ2v) is 8.09. The Labute approximate surface area is 209 Å². The van der Waals surface area contributed by atoms with Crippen molar-refractivity contribution in [1.82, 2.24) is 20.1 Å². The van der Waals surface area contributed by atoms with E-state index >= 15 is 0 Å². The zero-order chi connectivity index (χ0) is 25.3. The van der Waals surface area contributed by atoms with Crippen molar-refractivity contribution >= 4 is 5.91 Å². The molecule has 1 saturated heterocycles. The smallest absolute Gasteiger partial charge is 0.246 e. The van der Waals surface area contributed by atoms with Crippen molar-refractivity contribution < 1.29 is 13.9 Å². The third-order valence-corrected chi connectivity index (χ3v) is 5.80. The van der Waals surface area contributed by atoms with E-state index in [1.54, 1.807) is 56.0 Å². The quantitative estimate of drug-likeness (QED) is 0.304. The van der Waals surface area contributed by atoms with Gasteiger partial charge in [-0.15, -0.1) is 0 Å². The van der Waals surface area contributed by atoms with Crippen LogP contribution in [-0.4, -0.2) is 66.6 Å². The predicted molar refractivity (Wildman–Crippen MR) is 140 cm³/mol. The summed E-state index contributed by atoms with van der Waals surface area (Å²) in [5.74, 6) is 0.0740. The molecule has 1 aromatic rings. The van der Waals surface area contributed by atoms with E-state index in [9.17, 15) is 9.18 Å². The van der Waals surface area contributed by atoms with Gasteiger partial charge < -0.3 is 15.0 Å². The zero-order valence-electron chi connectivity index (χ0n) is 21.1. The molecule has 7 heteroatoms. The van der Waals surface area contributed by atoms with Gasteiger partial charge in [-0.1, -0.05) is 44.2 Å². The number of pyridine rings is 1. The lowest BCUT2D eigenvalue weighted by Crippen LogP contribution is -2.53. The number of hydrogen-bond donors (Lipinski definition) is 1. The minimum atomic E-state index is -0.167. The molecule has 0 aromatic carbocycles. The minimum Gasteiger partial charge on any atom is -0.504 e. The average molecular weight is 483 g/mol. The lowest BCUT2D eigenvalue weighted by Gasteiger charge is -2.38. The van der Waals surface area contributed by atoms with Crippen LogP contribution in [0.2, 0.25) is 0 Å². The summed E-state index contributed by atoms with van der Waals surface area (Å²) in [6.07, 6.45) is 17.9. The molecule has 1 aliphatic heterocycles. The third kappa shape index (κ3) is 10.4. The van der Waals surface area contributed by atoms with E-state index in [-0.39, 0.29) is 23.7 Å². The van der Waals surface area contributed by atoms with Crippen LogP contribution in [0.4, 0.5) is 4.39 Å². The molecule has 2 heterocycles. The Hall–Kier alpha value is -3.03. The number of carbonyl (C=O) groups is 1. The standard InChI is InChI=1S/C26H33FN4O2.C2H6/c1-33-19-7-3-2-4-9-26(32)31-17-15-30(16-18-31)21-25(22-10-12-23(27)13-11-22)29-20-24-8-5-6-14-28-24;1-2/h2-10,12-14,19,22,25,29H,11,15-18,20-21H2,1H3;1-2H3/b3-2-,9-4+,19-7+;. The molecule has 0 bridgehead atoms. The summed E-state index contributed by atoms with van der Waals surface area (Å²) in [6.45, 7) is 8.52. The number of ether oxygens (including phenoxy) is 1.